The number of aryl methyl sites for hydroxylation is 1. The molecule has 0 aliphatic rings. The molecule has 0 saturated heterocycles. The molecule has 0 saturated carbocycles. The molecule has 108 valence electrons. The number of benzene rings is 1. The van der Waals surface area contributed by atoms with E-state index < -0.39 is 6.04 Å². The summed E-state index contributed by atoms with van der Waals surface area (Å²) in [5, 5.41) is 2.77. The number of rotatable bonds is 3. The molecule has 0 spiro atoms. The van der Waals surface area contributed by atoms with Crippen molar-refractivity contribution in [1.29, 1.82) is 0 Å². The third kappa shape index (κ3) is 5.17. The highest BCUT2D eigenvalue weighted by Crippen LogP contribution is 2.17. The third-order valence-corrected chi connectivity index (χ3v) is 2.90. The van der Waals surface area contributed by atoms with E-state index >= 15 is 0 Å². The number of carbonyl (C=O) groups excluding carboxylic acids is 1. The first-order valence-corrected chi connectivity index (χ1v) is 6.00. The lowest BCUT2D eigenvalue weighted by Gasteiger charge is -2.25. The van der Waals surface area contributed by atoms with Crippen molar-refractivity contribution >= 4 is 18.3 Å². The Balaban J connectivity index is 0.00000324. The first kappa shape index (κ1) is 17.9. The van der Waals surface area contributed by atoms with Crippen LogP contribution in [-0.2, 0) is 11.3 Å². The Morgan fingerprint density at radius 2 is 2.00 bits per heavy atom. The molecule has 0 radical (unpaired) electrons. The summed E-state index contributed by atoms with van der Waals surface area (Å²) in [6.07, 6.45) is 0. The van der Waals surface area contributed by atoms with Crippen LogP contribution in [-0.4, -0.2) is 11.9 Å². The second-order valence-electron chi connectivity index (χ2n) is 5.65. The number of hydrogen-bond donors (Lipinski definition) is 2. The van der Waals surface area contributed by atoms with Crippen molar-refractivity contribution in [3.8, 4) is 0 Å². The molecule has 0 aliphatic heterocycles. The van der Waals surface area contributed by atoms with E-state index in [1.54, 1.807) is 19.1 Å². The van der Waals surface area contributed by atoms with E-state index in [0.717, 1.165) is 5.56 Å². The summed E-state index contributed by atoms with van der Waals surface area (Å²) < 4.78 is 13.1. The molecule has 1 rings (SSSR count). The van der Waals surface area contributed by atoms with Gasteiger partial charge in [-0.05, 0) is 29.5 Å². The number of amides is 1. The zero-order valence-corrected chi connectivity index (χ0v) is 12.6. The SMILES string of the molecule is Cc1cc(CNC(=O)[C@@H](N)C(C)(C)C)ccc1F.Cl. The minimum atomic E-state index is -0.556. The molecule has 19 heavy (non-hydrogen) atoms. The molecule has 0 bridgehead atoms. The van der Waals surface area contributed by atoms with Crippen LogP contribution in [0, 0.1) is 18.2 Å². The third-order valence-electron chi connectivity index (χ3n) is 2.90. The second-order valence-corrected chi connectivity index (χ2v) is 5.65. The van der Waals surface area contributed by atoms with Crippen LogP contribution in [0.1, 0.15) is 31.9 Å². The van der Waals surface area contributed by atoms with Crippen molar-refractivity contribution < 1.29 is 9.18 Å². The molecule has 0 aromatic heterocycles. The maximum absolute atomic E-state index is 13.1. The Morgan fingerprint density at radius 1 is 1.42 bits per heavy atom. The van der Waals surface area contributed by atoms with Crippen LogP contribution in [0.15, 0.2) is 18.2 Å². The van der Waals surface area contributed by atoms with Crippen LogP contribution < -0.4 is 11.1 Å². The molecule has 0 heterocycles. The van der Waals surface area contributed by atoms with Crippen LogP contribution in [0.5, 0.6) is 0 Å². The second kappa shape index (κ2) is 6.87. The molecule has 3 nitrogen and oxygen atoms in total. The largest absolute Gasteiger partial charge is 0.351 e. The minimum Gasteiger partial charge on any atom is -0.351 e. The zero-order chi connectivity index (χ0) is 13.9. The zero-order valence-electron chi connectivity index (χ0n) is 11.8. The normalized spacial score (nSPS) is 12.5. The fraction of sp³-hybridized carbons (Fsp3) is 0.500. The van der Waals surface area contributed by atoms with Crippen LogP contribution in [0.4, 0.5) is 4.39 Å². The standard InChI is InChI=1S/C14H21FN2O.ClH/c1-9-7-10(5-6-11(9)15)8-17-13(18)12(16)14(2,3)4;/h5-7,12H,8,16H2,1-4H3,(H,17,18);1H/t12-;/m1./s1. The lowest BCUT2D eigenvalue weighted by Crippen LogP contribution is -2.48. The van der Waals surface area contributed by atoms with Gasteiger partial charge in [0.05, 0.1) is 6.04 Å². The highest BCUT2D eigenvalue weighted by Gasteiger charge is 2.27. The van der Waals surface area contributed by atoms with Crippen LogP contribution in [0.2, 0.25) is 0 Å². The topological polar surface area (TPSA) is 55.1 Å². The molecule has 0 unspecified atom stereocenters. The van der Waals surface area contributed by atoms with Gasteiger partial charge >= 0.3 is 0 Å². The molecule has 3 N–H and O–H groups in total. The van der Waals surface area contributed by atoms with Gasteiger partial charge in [-0.2, -0.15) is 0 Å². The summed E-state index contributed by atoms with van der Waals surface area (Å²) in [7, 11) is 0. The lowest BCUT2D eigenvalue weighted by molar-refractivity contribution is -0.124. The predicted molar refractivity (Wildman–Crippen MR) is 77.7 cm³/mol. The van der Waals surface area contributed by atoms with E-state index in [1.807, 2.05) is 20.8 Å². The highest BCUT2D eigenvalue weighted by atomic mass is 35.5. The molecular weight excluding hydrogens is 267 g/mol. The van der Waals surface area contributed by atoms with Crippen LogP contribution in [0.3, 0.4) is 0 Å². The van der Waals surface area contributed by atoms with E-state index in [1.165, 1.54) is 6.07 Å². The van der Waals surface area contributed by atoms with E-state index in [4.69, 9.17) is 5.73 Å². The highest BCUT2D eigenvalue weighted by molar-refractivity contribution is 5.85. The number of nitrogens with two attached hydrogens (primary N) is 1. The Labute approximate surface area is 120 Å². The van der Waals surface area contributed by atoms with E-state index in [2.05, 4.69) is 5.32 Å². The van der Waals surface area contributed by atoms with Gasteiger partial charge in [0, 0.05) is 6.54 Å². The Hall–Kier alpha value is -1.13. The Morgan fingerprint density at radius 3 is 2.47 bits per heavy atom. The molecular formula is C14H22ClFN2O. The van der Waals surface area contributed by atoms with Gasteiger partial charge < -0.3 is 11.1 Å². The number of hydrogen-bond acceptors (Lipinski definition) is 2. The van der Waals surface area contributed by atoms with Gasteiger partial charge in [-0.15, -0.1) is 12.4 Å². The van der Waals surface area contributed by atoms with Gasteiger partial charge in [-0.3, -0.25) is 4.79 Å². The van der Waals surface area contributed by atoms with Crippen LogP contribution >= 0.6 is 12.4 Å². The van der Waals surface area contributed by atoms with E-state index in [0.29, 0.717) is 12.1 Å². The van der Waals surface area contributed by atoms with Crippen molar-refractivity contribution in [2.75, 3.05) is 0 Å². The Kier molecular flexibility index (Phi) is 6.46. The van der Waals surface area contributed by atoms with Crippen LogP contribution in [0.25, 0.3) is 0 Å². The van der Waals surface area contributed by atoms with Crippen molar-refractivity contribution in [3.05, 3.63) is 35.1 Å². The quantitative estimate of drug-likeness (QED) is 0.898. The lowest BCUT2D eigenvalue weighted by atomic mass is 9.87. The molecule has 0 fully saturated rings. The predicted octanol–water partition coefficient (Wildman–Crippen LogP) is 2.55. The summed E-state index contributed by atoms with van der Waals surface area (Å²) in [6.45, 7) is 7.81. The summed E-state index contributed by atoms with van der Waals surface area (Å²) in [4.78, 5) is 11.8. The summed E-state index contributed by atoms with van der Waals surface area (Å²) in [5.41, 5.74) is 7.00. The summed E-state index contributed by atoms with van der Waals surface area (Å²) in [6, 6.07) is 4.23. The molecule has 1 aromatic carbocycles. The molecule has 0 aliphatic carbocycles. The van der Waals surface area contributed by atoms with Gasteiger partial charge in [-0.1, -0.05) is 32.9 Å². The van der Waals surface area contributed by atoms with Crippen molar-refractivity contribution in [3.63, 3.8) is 0 Å². The molecule has 1 amide bonds. The Bertz CT molecular complexity index is 444. The summed E-state index contributed by atoms with van der Waals surface area (Å²) in [5.74, 6) is -0.430. The minimum absolute atomic E-state index is 0. The van der Waals surface area contributed by atoms with Gasteiger partial charge in [0.2, 0.25) is 5.91 Å². The number of carbonyl (C=O) groups is 1. The average molecular weight is 289 g/mol. The fourth-order valence-corrected chi connectivity index (χ4v) is 1.51. The van der Waals surface area contributed by atoms with Gasteiger partial charge in [-0.25, -0.2) is 4.39 Å². The fourth-order valence-electron chi connectivity index (χ4n) is 1.51. The van der Waals surface area contributed by atoms with Gasteiger partial charge in [0.25, 0.3) is 0 Å². The molecule has 1 atom stereocenters. The smallest absolute Gasteiger partial charge is 0.237 e. The maximum Gasteiger partial charge on any atom is 0.237 e. The summed E-state index contributed by atoms with van der Waals surface area (Å²) >= 11 is 0. The van der Waals surface area contributed by atoms with E-state index in [-0.39, 0.29) is 29.5 Å². The molecule has 1 aromatic rings. The number of nitrogens with one attached hydrogen (secondary N) is 1. The molecule has 5 heteroatoms. The number of halogens is 2. The first-order chi connectivity index (χ1) is 8.21. The van der Waals surface area contributed by atoms with E-state index in [9.17, 15) is 9.18 Å². The first-order valence-electron chi connectivity index (χ1n) is 6.00. The van der Waals surface area contributed by atoms with Crippen molar-refractivity contribution in [1.82, 2.24) is 5.32 Å². The average Bonchev–Trinajstić information content (AvgIpc) is 2.28. The monoisotopic (exact) mass is 288 g/mol. The van der Waals surface area contributed by atoms with Gasteiger partial charge in [0.15, 0.2) is 0 Å². The maximum atomic E-state index is 13.1. The van der Waals surface area contributed by atoms with Gasteiger partial charge in [0.1, 0.15) is 5.82 Å². The van der Waals surface area contributed by atoms with Crippen molar-refractivity contribution in [2.45, 2.75) is 40.3 Å². The van der Waals surface area contributed by atoms with Crippen molar-refractivity contribution in [2.24, 2.45) is 11.1 Å².